The number of likely N-dealkylation sites (N-methyl/N-ethyl adjacent to an activating group) is 1. The maximum absolute atomic E-state index is 13.1. The molecule has 0 radical (unpaired) electrons. The van der Waals surface area contributed by atoms with Crippen molar-refractivity contribution in [3.8, 4) is 16.9 Å². The van der Waals surface area contributed by atoms with Crippen LogP contribution in [0.15, 0.2) is 54.7 Å². The van der Waals surface area contributed by atoms with Gasteiger partial charge in [-0.2, -0.15) is 0 Å². The molecule has 1 saturated heterocycles. The number of nitrogens with two attached hydrogens (primary N) is 1. The second-order valence-corrected chi connectivity index (χ2v) is 10.1. The normalized spacial score (nSPS) is 15.7. The Balaban J connectivity index is 1.36. The number of pyridine rings is 1. The summed E-state index contributed by atoms with van der Waals surface area (Å²) in [5, 5.41) is 2.00. The number of nitrogens with one attached hydrogen (secondary N) is 1. The Hall–Kier alpha value is -3.26. The first-order valence-electron chi connectivity index (χ1n) is 11.7. The van der Waals surface area contributed by atoms with Crippen molar-refractivity contribution in [2.45, 2.75) is 19.1 Å². The predicted octanol–water partition coefficient (Wildman–Crippen LogP) is 5.47. The van der Waals surface area contributed by atoms with Crippen molar-refractivity contribution in [3.63, 3.8) is 0 Å². The van der Waals surface area contributed by atoms with E-state index in [0.717, 1.165) is 41.5 Å². The number of benzene rings is 2. The second-order valence-electron chi connectivity index (χ2n) is 9.24. The fraction of sp³-hybridized carbons (Fsp3) is 0.259. The van der Waals surface area contributed by atoms with Gasteiger partial charge in [-0.05, 0) is 62.5 Å². The molecule has 3 N–H and O–H groups in total. The second kappa shape index (κ2) is 10.0. The highest BCUT2D eigenvalue weighted by Gasteiger charge is 2.28. The molecular formula is C27H27Cl2N5O2. The molecule has 1 aliphatic rings. The summed E-state index contributed by atoms with van der Waals surface area (Å²) >= 11 is 12.5. The monoisotopic (exact) mass is 523 g/mol. The molecule has 2 aromatic heterocycles. The van der Waals surface area contributed by atoms with Crippen LogP contribution in [0, 0.1) is 0 Å². The number of carbonyl (C=O) groups is 1. The lowest BCUT2D eigenvalue weighted by Gasteiger charge is -2.20. The topological polar surface area (TPSA) is 87.5 Å². The van der Waals surface area contributed by atoms with Gasteiger partial charge in [0.15, 0.2) is 11.6 Å². The van der Waals surface area contributed by atoms with Crippen molar-refractivity contribution < 1.29 is 9.53 Å². The van der Waals surface area contributed by atoms with Gasteiger partial charge in [0, 0.05) is 57.4 Å². The fourth-order valence-electron chi connectivity index (χ4n) is 4.49. The summed E-state index contributed by atoms with van der Waals surface area (Å²) in [4.78, 5) is 24.7. The third kappa shape index (κ3) is 4.87. The standard InChI is InChI=1S/C27H27Cl2N5O2/c1-33(2)19-8-9-34(14-19)27(35)24-11-17-10-16(6-7-23(17)32-24)18-12-25(26(30)31-13-18)36-15-20-21(28)4-3-5-22(20)29/h3-7,10-13,19,32H,8-9,14-15H2,1-2H3,(H2,30,31)/t19-/m1/s1. The van der Waals surface area contributed by atoms with Gasteiger partial charge in [-0.3, -0.25) is 4.79 Å². The molecule has 9 heteroatoms. The minimum atomic E-state index is 0.0279. The highest BCUT2D eigenvalue weighted by atomic mass is 35.5. The summed E-state index contributed by atoms with van der Waals surface area (Å²) < 4.78 is 5.94. The Morgan fingerprint density at radius 2 is 1.94 bits per heavy atom. The van der Waals surface area contributed by atoms with Crippen molar-refractivity contribution in [1.29, 1.82) is 0 Å². The van der Waals surface area contributed by atoms with Crippen molar-refractivity contribution in [2.24, 2.45) is 0 Å². The Morgan fingerprint density at radius 1 is 1.17 bits per heavy atom. The molecule has 1 fully saturated rings. The molecule has 5 rings (SSSR count). The number of anilines is 1. The first-order valence-corrected chi connectivity index (χ1v) is 12.5. The molecule has 0 bridgehead atoms. The summed E-state index contributed by atoms with van der Waals surface area (Å²) in [6, 6.07) is 15.4. The van der Waals surface area contributed by atoms with Crippen LogP contribution in [0.5, 0.6) is 5.75 Å². The molecule has 1 atom stereocenters. The predicted molar refractivity (Wildman–Crippen MR) is 145 cm³/mol. The molecule has 0 aliphatic carbocycles. The Bertz CT molecular complexity index is 1410. The van der Waals surface area contributed by atoms with Crippen molar-refractivity contribution in [1.82, 2.24) is 19.8 Å². The van der Waals surface area contributed by atoms with E-state index >= 15 is 0 Å². The summed E-state index contributed by atoms with van der Waals surface area (Å²) in [5.41, 5.74) is 10.0. The molecule has 1 aliphatic heterocycles. The van der Waals surface area contributed by atoms with Gasteiger partial charge >= 0.3 is 0 Å². The van der Waals surface area contributed by atoms with Gasteiger partial charge in [0.05, 0.1) is 0 Å². The molecule has 7 nitrogen and oxygen atoms in total. The van der Waals surface area contributed by atoms with Crippen LogP contribution in [-0.4, -0.2) is 58.9 Å². The lowest BCUT2D eigenvalue weighted by atomic mass is 10.1. The Morgan fingerprint density at radius 3 is 2.67 bits per heavy atom. The van der Waals surface area contributed by atoms with Gasteiger partial charge in [0.1, 0.15) is 12.3 Å². The van der Waals surface area contributed by atoms with E-state index in [1.54, 1.807) is 24.4 Å². The third-order valence-electron chi connectivity index (χ3n) is 6.68. The molecule has 0 unspecified atom stereocenters. The first kappa shape index (κ1) is 24.4. The summed E-state index contributed by atoms with van der Waals surface area (Å²) in [6.45, 7) is 1.68. The maximum atomic E-state index is 13.1. The first-order chi connectivity index (χ1) is 17.3. The van der Waals surface area contributed by atoms with E-state index in [2.05, 4.69) is 29.0 Å². The van der Waals surface area contributed by atoms with Crippen LogP contribution >= 0.6 is 23.2 Å². The van der Waals surface area contributed by atoms with Crippen LogP contribution < -0.4 is 10.5 Å². The van der Waals surface area contributed by atoms with Gasteiger partial charge in [0.25, 0.3) is 5.91 Å². The number of nitrogen functional groups attached to an aromatic ring is 1. The zero-order valence-electron chi connectivity index (χ0n) is 20.1. The zero-order valence-corrected chi connectivity index (χ0v) is 21.6. The number of fused-ring (bicyclic) bond motifs is 1. The Kier molecular flexibility index (Phi) is 6.79. The molecule has 0 spiro atoms. The SMILES string of the molecule is CN(C)[C@@H]1CCN(C(=O)c2cc3cc(-c4cnc(N)c(OCc5c(Cl)cccc5Cl)c4)ccc3[nH]2)C1. The molecular weight excluding hydrogens is 497 g/mol. The van der Waals surface area contributed by atoms with E-state index < -0.39 is 0 Å². The number of amides is 1. The molecule has 3 heterocycles. The van der Waals surface area contributed by atoms with Crippen LogP contribution in [0.1, 0.15) is 22.5 Å². The lowest BCUT2D eigenvalue weighted by molar-refractivity contribution is 0.0778. The summed E-state index contributed by atoms with van der Waals surface area (Å²) in [6.07, 6.45) is 2.69. The number of ether oxygens (including phenoxy) is 1. The molecule has 2 aromatic carbocycles. The van der Waals surface area contributed by atoms with Gasteiger partial charge < -0.3 is 25.3 Å². The van der Waals surface area contributed by atoms with E-state index in [1.807, 2.05) is 35.2 Å². The molecule has 0 saturated carbocycles. The average molecular weight is 524 g/mol. The van der Waals surface area contributed by atoms with Crippen molar-refractivity contribution in [2.75, 3.05) is 32.9 Å². The minimum absolute atomic E-state index is 0.0279. The largest absolute Gasteiger partial charge is 0.485 e. The van der Waals surface area contributed by atoms with Crippen LogP contribution in [0.4, 0.5) is 5.82 Å². The van der Waals surface area contributed by atoms with Gasteiger partial charge in [-0.25, -0.2) is 4.98 Å². The molecule has 1 amide bonds. The van der Waals surface area contributed by atoms with E-state index in [1.165, 1.54) is 0 Å². The van der Waals surface area contributed by atoms with Crippen LogP contribution in [0.25, 0.3) is 22.0 Å². The molecule has 36 heavy (non-hydrogen) atoms. The number of hydrogen-bond donors (Lipinski definition) is 2. The van der Waals surface area contributed by atoms with Crippen molar-refractivity contribution in [3.05, 3.63) is 76.0 Å². The average Bonchev–Trinajstić information content (AvgIpc) is 3.52. The number of rotatable bonds is 6. The smallest absolute Gasteiger partial charge is 0.270 e. The summed E-state index contributed by atoms with van der Waals surface area (Å²) in [5.74, 6) is 0.748. The van der Waals surface area contributed by atoms with E-state index in [4.69, 9.17) is 33.7 Å². The van der Waals surface area contributed by atoms with Crippen molar-refractivity contribution >= 4 is 45.8 Å². The van der Waals surface area contributed by atoms with Crippen LogP contribution in [0.3, 0.4) is 0 Å². The minimum Gasteiger partial charge on any atom is -0.485 e. The highest BCUT2D eigenvalue weighted by Crippen LogP contribution is 2.32. The number of nitrogens with zero attached hydrogens (tertiary/aromatic N) is 3. The Labute approximate surface area is 219 Å². The van der Waals surface area contributed by atoms with Gasteiger partial charge in [-0.1, -0.05) is 35.3 Å². The quantitative estimate of drug-likeness (QED) is 0.349. The molecule has 4 aromatic rings. The number of likely N-dealkylation sites (tertiary alicyclic amines) is 1. The maximum Gasteiger partial charge on any atom is 0.270 e. The van der Waals surface area contributed by atoms with E-state index in [-0.39, 0.29) is 18.3 Å². The number of H-pyrrole nitrogens is 1. The number of carbonyl (C=O) groups excluding carboxylic acids is 1. The highest BCUT2D eigenvalue weighted by molar-refractivity contribution is 6.35. The fourth-order valence-corrected chi connectivity index (χ4v) is 5.00. The zero-order chi connectivity index (χ0) is 25.4. The number of aromatic amines is 1. The van der Waals surface area contributed by atoms with E-state index in [0.29, 0.717) is 33.1 Å². The number of hydrogen-bond acceptors (Lipinski definition) is 5. The number of halogens is 2. The van der Waals surface area contributed by atoms with Crippen LogP contribution in [-0.2, 0) is 6.61 Å². The van der Waals surface area contributed by atoms with E-state index in [9.17, 15) is 4.79 Å². The summed E-state index contributed by atoms with van der Waals surface area (Å²) in [7, 11) is 4.11. The number of aromatic nitrogens is 2. The van der Waals surface area contributed by atoms with Gasteiger partial charge in [0.2, 0.25) is 0 Å². The molecule has 186 valence electrons. The lowest BCUT2D eigenvalue weighted by Crippen LogP contribution is -2.34. The van der Waals surface area contributed by atoms with Gasteiger partial charge in [-0.15, -0.1) is 0 Å². The third-order valence-corrected chi connectivity index (χ3v) is 7.39. The van der Waals surface area contributed by atoms with Crippen LogP contribution in [0.2, 0.25) is 10.0 Å².